The molecule has 0 atom stereocenters. The van der Waals surface area contributed by atoms with Gasteiger partial charge in [0.05, 0.1) is 0 Å². The van der Waals surface area contributed by atoms with Gasteiger partial charge in [-0.15, -0.1) is 11.3 Å². The molecule has 0 unspecified atom stereocenters. The van der Waals surface area contributed by atoms with Gasteiger partial charge in [-0.25, -0.2) is 24.9 Å². The average molecular weight is 395 g/mol. The van der Waals surface area contributed by atoms with Crippen LogP contribution >= 0.6 is 11.3 Å². The molecule has 0 aromatic carbocycles. The molecule has 0 bridgehead atoms. The number of piperidine rings is 1. The molecule has 144 valence electrons. The number of aryl methyl sites for hydroxylation is 1. The van der Waals surface area contributed by atoms with Gasteiger partial charge in [-0.1, -0.05) is 6.92 Å². The van der Waals surface area contributed by atoms with Gasteiger partial charge in [0.25, 0.3) is 5.91 Å². The molecule has 0 aliphatic carbocycles. The number of rotatable bonds is 5. The number of carbonyl (C=O) groups excluding carboxylic acids is 1. The molecule has 1 N–H and O–H groups in total. The minimum atomic E-state index is -0.146. The fourth-order valence-electron chi connectivity index (χ4n) is 3.15. The van der Waals surface area contributed by atoms with Gasteiger partial charge in [-0.2, -0.15) is 0 Å². The van der Waals surface area contributed by atoms with Gasteiger partial charge in [0.1, 0.15) is 17.8 Å². The van der Waals surface area contributed by atoms with Crippen LogP contribution in [0.4, 0.5) is 5.82 Å². The number of thiazole rings is 1. The highest BCUT2D eigenvalue weighted by Gasteiger charge is 2.23. The van der Waals surface area contributed by atoms with Gasteiger partial charge in [0.2, 0.25) is 0 Å². The number of hydrogen-bond donors (Lipinski definition) is 1. The normalized spacial score (nSPS) is 14.8. The lowest BCUT2D eigenvalue weighted by Gasteiger charge is -2.33. The topological polar surface area (TPSA) is 96.8 Å². The summed E-state index contributed by atoms with van der Waals surface area (Å²) in [6.07, 6.45) is 7.59. The molecule has 3 aromatic heterocycles. The fraction of sp³-hybridized carbons (Fsp3) is 0.368. The standard InChI is InChI=1S/C19H21N7OS/c1-2-13-10-16(23-12-22-13)26-8-4-14(5-9-26)24-18(27)15-11-28-19(25-15)17-20-6-3-7-21-17/h3,6-7,10-12,14H,2,4-5,8-9H2,1H3,(H,24,27). The second-order valence-electron chi connectivity index (χ2n) is 6.57. The Morgan fingerprint density at radius 3 is 2.75 bits per heavy atom. The molecular weight excluding hydrogens is 374 g/mol. The molecule has 9 heteroatoms. The molecule has 4 rings (SSSR count). The van der Waals surface area contributed by atoms with E-state index in [1.165, 1.54) is 11.3 Å². The highest BCUT2D eigenvalue weighted by molar-refractivity contribution is 7.13. The van der Waals surface area contributed by atoms with Crippen LogP contribution in [0.25, 0.3) is 10.8 Å². The zero-order valence-corrected chi connectivity index (χ0v) is 16.4. The molecule has 1 fully saturated rings. The molecule has 0 radical (unpaired) electrons. The van der Waals surface area contributed by atoms with Crippen molar-refractivity contribution in [1.82, 2.24) is 30.2 Å². The van der Waals surface area contributed by atoms with Gasteiger partial charge < -0.3 is 10.2 Å². The number of nitrogens with zero attached hydrogens (tertiary/aromatic N) is 6. The molecule has 0 saturated carbocycles. The second-order valence-corrected chi connectivity index (χ2v) is 7.42. The number of amides is 1. The van der Waals surface area contributed by atoms with Gasteiger partial charge in [-0.05, 0) is 25.3 Å². The second kappa shape index (κ2) is 8.39. The van der Waals surface area contributed by atoms with Crippen molar-refractivity contribution in [2.75, 3.05) is 18.0 Å². The van der Waals surface area contributed by atoms with E-state index in [0.717, 1.165) is 43.9 Å². The average Bonchev–Trinajstić information content (AvgIpc) is 3.25. The van der Waals surface area contributed by atoms with E-state index in [1.54, 1.807) is 30.2 Å². The summed E-state index contributed by atoms with van der Waals surface area (Å²) in [5.74, 6) is 1.35. The van der Waals surface area contributed by atoms with Crippen LogP contribution in [0.3, 0.4) is 0 Å². The maximum absolute atomic E-state index is 12.6. The smallest absolute Gasteiger partial charge is 0.270 e. The van der Waals surface area contributed by atoms with Crippen molar-refractivity contribution >= 4 is 23.1 Å². The van der Waals surface area contributed by atoms with E-state index in [4.69, 9.17) is 0 Å². The first-order valence-corrected chi connectivity index (χ1v) is 10.2. The number of aromatic nitrogens is 5. The van der Waals surface area contributed by atoms with Crippen molar-refractivity contribution in [1.29, 1.82) is 0 Å². The van der Waals surface area contributed by atoms with E-state index in [9.17, 15) is 4.79 Å². The molecule has 1 amide bonds. The first kappa shape index (κ1) is 18.4. The van der Waals surface area contributed by atoms with E-state index in [-0.39, 0.29) is 11.9 Å². The Morgan fingerprint density at radius 2 is 2.00 bits per heavy atom. The summed E-state index contributed by atoms with van der Waals surface area (Å²) in [4.78, 5) is 36.2. The zero-order valence-electron chi connectivity index (χ0n) is 15.6. The molecule has 8 nitrogen and oxygen atoms in total. The molecule has 1 saturated heterocycles. The van der Waals surface area contributed by atoms with Gasteiger partial charge in [0.15, 0.2) is 10.8 Å². The minimum Gasteiger partial charge on any atom is -0.356 e. The predicted octanol–water partition coefficient (Wildman–Crippen LogP) is 2.35. The lowest BCUT2D eigenvalue weighted by atomic mass is 10.0. The van der Waals surface area contributed by atoms with E-state index >= 15 is 0 Å². The Labute approximate surface area is 167 Å². The number of carbonyl (C=O) groups is 1. The first-order valence-electron chi connectivity index (χ1n) is 9.32. The van der Waals surface area contributed by atoms with Crippen molar-refractivity contribution in [2.45, 2.75) is 32.2 Å². The lowest BCUT2D eigenvalue weighted by Crippen LogP contribution is -2.45. The van der Waals surface area contributed by atoms with E-state index < -0.39 is 0 Å². The largest absolute Gasteiger partial charge is 0.356 e. The maximum atomic E-state index is 12.6. The Kier molecular flexibility index (Phi) is 5.52. The SMILES string of the molecule is CCc1cc(N2CCC(NC(=O)c3csc(-c4ncccn4)n3)CC2)ncn1. The summed E-state index contributed by atoms with van der Waals surface area (Å²) >= 11 is 1.37. The number of anilines is 1. The van der Waals surface area contributed by atoms with Crippen molar-refractivity contribution < 1.29 is 4.79 Å². The van der Waals surface area contributed by atoms with Crippen molar-refractivity contribution in [3.63, 3.8) is 0 Å². The summed E-state index contributed by atoms with van der Waals surface area (Å²) in [5, 5.41) is 5.50. The predicted molar refractivity (Wildman–Crippen MR) is 107 cm³/mol. The zero-order chi connectivity index (χ0) is 19.3. The van der Waals surface area contributed by atoms with Crippen molar-refractivity contribution in [2.24, 2.45) is 0 Å². The molecule has 0 spiro atoms. The monoisotopic (exact) mass is 395 g/mol. The van der Waals surface area contributed by atoms with Crippen molar-refractivity contribution in [3.8, 4) is 10.8 Å². The summed E-state index contributed by atoms with van der Waals surface area (Å²) in [5.41, 5.74) is 1.46. The quantitative estimate of drug-likeness (QED) is 0.708. The maximum Gasteiger partial charge on any atom is 0.270 e. The first-order chi connectivity index (χ1) is 13.7. The molecule has 3 aromatic rings. The van der Waals surface area contributed by atoms with Gasteiger partial charge in [0, 0.05) is 48.7 Å². The van der Waals surface area contributed by atoms with Crippen LogP contribution in [0.5, 0.6) is 0 Å². The van der Waals surface area contributed by atoms with E-state index in [0.29, 0.717) is 16.5 Å². The van der Waals surface area contributed by atoms with Crippen molar-refractivity contribution in [3.05, 3.63) is 47.6 Å². The summed E-state index contributed by atoms with van der Waals surface area (Å²) in [7, 11) is 0. The molecule has 28 heavy (non-hydrogen) atoms. The van der Waals surface area contributed by atoms with Gasteiger partial charge >= 0.3 is 0 Å². The highest BCUT2D eigenvalue weighted by atomic mass is 32.1. The molecule has 1 aliphatic rings. The van der Waals surface area contributed by atoms with Crippen LogP contribution in [-0.2, 0) is 6.42 Å². The van der Waals surface area contributed by atoms with Crippen LogP contribution in [-0.4, -0.2) is 50.0 Å². The van der Waals surface area contributed by atoms with Crippen LogP contribution in [0, 0.1) is 0 Å². The third-order valence-electron chi connectivity index (χ3n) is 4.72. The Balaban J connectivity index is 1.33. The van der Waals surface area contributed by atoms with Gasteiger partial charge in [-0.3, -0.25) is 4.79 Å². The Bertz CT molecular complexity index is 938. The van der Waals surface area contributed by atoms with E-state index in [1.807, 2.05) is 6.07 Å². The Morgan fingerprint density at radius 1 is 1.21 bits per heavy atom. The summed E-state index contributed by atoms with van der Waals surface area (Å²) < 4.78 is 0. The summed E-state index contributed by atoms with van der Waals surface area (Å²) in [6.45, 7) is 3.79. The minimum absolute atomic E-state index is 0.134. The lowest BCUT2D eigenvalue weighted by molar-refractivity contribution is 0.0927. The van der Waals surface area contributed by atoms with Crippen LogP contribution < -0.4 is 10.2 Å². The van der Waals surface area contributed by atoms with Crippen LogP contribution in [0.2, 0.25) is 0 Å². The van der Waals surface area contributed by atoms with Crippen LogP contribution in [0.1, 0.15) is 35.9 Å². The molecule has 4 heterocycles. The highest BCUT2D eigenvalue weighted by Crippen LogP contribution is 2.21. The third kappa shape index (κ3) is 4.14. The molecular formula is C19H21N7OS. The van der Waals surface area contributed by atoms with Crippen LogP contribution in [0.15, 0.2) is 36.2 Å². The Hall–Kier alpha value is -2.94. The number of nitrogens with one attached hydrogen (secondary N) is 1. The molecule has 1 aliphatic heterocycles. The number of hydrogen-bond acceptors (Lipinski definition) is 8. The van der Waals surface area contributed by atoms with E-state index in [2.05, 4.69) is 42.1 Å². The fourth-order valence-corrected chi connectivity index (χ4v) is 3.90. The third-order valence-corrected chi connectivity index (χ3v) is 5.56. The summed E-state index contributed by atoms with van der Waals surface area (Å²) in [6, 6.07) is 3.93.